The summed E-state index contributed by atoms with van der Waals surface area (Å²) in [5, 5.41) is 3.06. The number of anilines is 1. The van der Waals surface area contributed by atoms with E-state index in [1.807, 2.05) is 22.1 Å². The lowest BCUT2D eigenvalue weighted by atomic mass is 9.95. The van der Waals surface area contributed by atoms with Crippen molar-refractivity contribution < 1.29 is 9.59 Å². The fraction of sp³-hybridized carbons (Fsp3) is 0.696. The molecule has 7 nitrogen and oxygen atoms in total. The highest BCUT2D eigenvalue weighted by Gasteiger charge is 2.31. The van der Waals surface area contributed by atoms with Gasteiger partial charge < -0.3 is 20.0 Å². The van der Waals surface area contributed by atoms with Crippen molar-refractivity contribution in [2.24, 2.45) is 5.92 Å². The monoisotopic (exact) mass is 413 g/mol. The maximum absolute atomic E-state index is 12.6. The summed E-state index contributed by atoms with van der Waals surface area (Å²) in [5.74, 6) is 1.40. The van der Waals surface area contributed by atoms with Crippen LogP contribution in [0.4, 0.5) is 10.6 Å². The smallest absolute Gasteiger partial charge is 0.317 e. The topological polar surface area (TPSA) is 68.8 Å². The average molecular weight is 414 g/mol. The Labute approximate surface area is 179 Å². The zero-order valence-electron chi connectivity index (χ0n) is 18.0. The molecular weight excluding hydrogens is 378 g/mol. The number of carbonyl (C=O) groups excluding carboxylic acids is 2. The minimum Gasteiger partial charge on any atom is -0.357 e. The van der Waals surface area contributed by atoms with Crippen LogP contribution >= 0.6 is 0 Å². The number of likely N-dealkylation sites (tertiary alicyclic amines) is 2. The van der Waals surface area contributed by atoms with E-state index < -0.39 is 0 Å². The summed E-state index contributed by atoms with van der Waals surface area (Å²) in [4.78, 5) is 36.0. The molecule has 1 N–H and O–H groups in total. The molecule has 0 bridgehead atoms. The number of amides is 3. The normalized spacial score (nSPS) is 20.9. The van der Waals surface area contributed by atoms with Gasteiger partial charge in [0, 0.05) is 57.9 Å². The van der Waals surface area contributed by atoms with Crippen LogP contribution in [0.1, 0.15) is 56.9 Å². The molecule has 3 amide bonds. The van der Waals surface area contributed by atoms with E-state index in [9.17, 15) is 9.59 Å². The third-order valence-electron chi connectivity index (χ3n) is 6.73. The van der Waals surface area contributed by atoms with Gasteiger partial charge in [0.05, 0.1) is 0 Å². The number of aromatic nitrogens is 1. The first kappa shape index (κ1) is 20.9. The predicted molar refractivity (Wildman–Crippen MR) is 117 cm³/mol. The molecule has 4 rings (SSSR count). The molecule has 0 atom stereocenters. The van der Waals surface area contributed by atoms with E-state index in [2.05, 4.69) is 21.3 Å². The third-order valence-corrected chi connectivity index (χ3v) is 6.73. The van der Waals surface area contributed by atoms with Crippen molar-refractivity contribution in [1.82, 2.24) is 20.1 Å². The molecule has 0 aromatic carbocycles. The van der Waals surface area contributed by atoms with E-state index in [1.54, 1.807) is 0 Å². The minimum absolute atomic E-state index is 0.0322. The van der Waals surface area contributed by atoms with Crippen LogP contribution in [0.5, 0.6) is 0 Å². The Balaban J connectivity index is 1.24. The second kappa shape index (κ2) is 10.1. The zero-order valence-corrected chi connectivity index (χ0v) is 18.0. The second-order valence-electron chi connectivity index (χ2n) is 8.88. The molecular formula is C23H35N5O2. The highest BCUT2D eigenvalue weighted by molar-refractivity contribution is 5.80. The molecule has 0 aliphatic carbocycles. The number of nitrogens with one attached hydrogen (secondary N) is 1. The summed E-state index contributed by atoms with van der Waals surface area (Å²) in [6.07, 6.45) is 10.7. The van der Waals surface area contributed by atoms with Crippen LogP contribution < -0.4 is 10.2 Å². The van der Waals surface area contributed by atoms with Crippen molar-refractivity contribution in [3.05, 3.63) is 23.9 Å². The van der Waals surface area contributed by atoms with E-state index in [1.165, 1.54) is 25.7 Å². The lowest BCUT2D eigenvalue weighted by Crippen LogP contribution is -2.47. The molecule has 1 aromatic heterocycles. The van der Waals surface area contributed by atoms with Crippen LogP contribution in [0.15, 0.2) is 18.3 Å². The van der Waals surface area contributed by atoms with Gasteiger partial charge >= 0.3 is 6.03 Å². The summed E-state index contributed by atoms with van der Waals surface area (Å²) >= 11 is 0. The van der Waals surface area contributed by atoms with E-state index in [0.29, 0.717) is 25.5 Å². The van der Waals surface area contributed by atoms with Gasteiger partial charge in [-0.3, -0.25) is 4.79 Å². The van der Waals surface area contributed by atoms with Crippen LogP contribution in [-0.2, 0) is 11.3 Å². The first-order chi connectivity index (χ1) is 14.7. The summed E-state index contributed by atoms with van der Waals surface area (Å²) in [6.45, 7) is 5.77. The van der Waals surface area contributed by atoms with Crippen molar-refractivity contribution in [2.75, 3.05) is 44.2 Å². The van der Waals surface area contributed by atoms with Crippen LogP contribution in [0, 0.1) is 5.92 Å². The Morgan fingerprint density at radius 2 is 1.57 bits per heavy atom. The Bertz CT molecular complexity index is 718. The van der Waals surface area contributed by atoms with E-state index in [4.69, 9.17) is 0 Å². The minimum atomic E-state index is -0.0322. The summed E-state index contributed by atoms with van der Waals surface area (Å²) in [6, 6.07) is 4.05. The van der Waals surface area contributed by atoms with Crippen LogP contribution in [-0.4, -0.2) is 66.0 Å². The van der Waals surface area contributed by atoms with E-state index in [0.717, 1.165) is 63.2 Å². The van der Waals surface area contributed by atoms with Crippen LogP contribution in [0.25, 0.3) is 0 Å². The molecule has 0 unspecified atom stereocenters. The molecule has 0 saturated carbocycles. The van der Waals surface area contributed by atoms with Gasteiger partial charge in [0.1, 0.15) is 5.82 Å². The number of nitrogens with zero attached hydrogens (tertiary/aromatic N) is 4. The number of pyridine rings is 1. The first-order valence-corrected chi connectivity index (χ1v) is 11.7. The first-order valence-electron chi connectivity index (χ1n) is 11.7. The third kappa shape index (κ3) is 5.24. The summed E-state index contributed by atoms with van der Waals surface area (Å²) < 4.78 is 0. The molecule has 0 radical (unpaired) electrons. The number of hydrogen-bond donors (Lipinski definition) is 1. The summed E-state index contributed by atoms with van der Waals surface area (Å²) in [7, 11) is 0. The van der Waals surface area contributed by atoms with E-state index in [-0.39, 0.29) is 11.9 Å². The van der Waals surface area contributed by atoms with Crippen molar-refractivity contribution in [2.45, 2.75) is 57.9 Å². The lowest BCUT2D eigenvalue weighted by Gasteiger charge is -2.33. The molecule has 0 spiro atoms. The lowest BCUT2D eigenvalue weighted by molar-refractivity contribution is -0.135. The number of urea groups is 1. The van der Waals surface area contributed by atoms with Crippen molar-refractivity contribution >= 4 is 17.8 Å². The van der Waals surface area contributed by atoms with Crippen molar-refractivity contribution in [3.8, 4) is 0 Å². The maximum atomic E-state index is 12.6. The fourth-order valence-electron chi connectivity index (χ4n) is 4.86. The fourth-order valence-corrected chi connectivity index (χ4v) is 4.86. The van der Waals surface area contributed by atoms with Gasteiger partial charge in [-0.15, -0.1) is 0 Å². The van der Waals surface area contributed by atoms with Crippen molar-refractivity contribution in [1.29, 1.82) is 0 Å². The zero-order chi connectivity index (χ0) is 20.8. The second-order valence-corrected chi connectivity index (χ2v) is 8.88. The standard InChI is InChI=1S/C23H35N5O2/c29-22(27-13-5-6-14-27)20-8-15-28(16-9-20)23(30)25-18-19-7-10-24-21(17-19)26-11-3-1-2-4-12-26/h7,10,17,20H,1-6,8-9,11-16,18H2,(H,25,30). The molecule has 3 aliphatic heterocycles. The number of carbonyl (C=O) groups is 2. The number of rotatable bonds is 4. The largest absolute Gasteiger partial charge is 0.357 e. The van der Waals surface area contributed by atoms with Crippen LogP contribution in [0.2, 0.25) is 0 Å². The van der Waals surface area contributed by atoms with Gasteiger partial charge in [-0.05, 0) is 56.2 Å². The Kier molecular flexibility index (Phi) is 7.07. The van der Waals surface area contributed by atoms with Gasteiger partial charge in [0.15, 0.2) is 0 Å². The Hall–Kier alpha value is -2.31. The van der Waals surface area contributed by atoms with E-state index >= 15 is 0 Å². The van der Waals surface area contributed by atoms with Gasteiger partial charge in [0.25, 0.3) is 0 Å². The molecule has 3 aliphatic rings. The number of piperidine rings is 1. The quantitative estimate of drug-likeness (QED) is 0.824. The SMILES string of the molecule is O=C(NCc1ccnc(N2CCCCCC2)c1)N1CCC(C(=O)N2CCCC2)CC1. The van der Waals surface area contributed by atoms with Gasteiger partial charge in [-0.1, -0.05) is 12.8 Å². The Morgan fingerprint density at radius 3 is 2.27 bits per heavy atom. The maximum Gasteiger partial charge on any atom is 0.317 e. The van der Waals surface area contributed by atoms with Crippen LogP contribution in [0.3, 0.4) is 0 Å². The van der Waals surface area contributed by atoms with Crippen molar-refractivity contribution in [3.63, 3.8) is 0 Å². The predicted octanol–water partition coefficient (Wildman–Crippen LogP) is 3.01. The molecule has 30 heavy (non-hydrogen) atoms. The highest BCUT2D eigenvalue weighted by Crippen LogP contribution is 2.22. The molecule has 1 aromatic rings. The number of hydrogen-bond acceptors (Lipinski definition) is 4. The highest BCUT2D eigenvalue weighted by atomic mass is 16.2. The molecule has 164 valence electrons. The molecule has 3 saturated heterocycles. The van der Waals surface area contributed by atoms with Gasteiger partial charge in [0.2, 0.25) is 5.91 Å². The molecule has 7 heteroatoms. The van der Waals surface area contributed by atoms with Gasteiger partial charge in [-0.25, -0.2) is 9.78 Å². The Morgan fingerprint density at radius 1 is 0.900 bits per heavy atom. The molecule has 4 heterocycles. The van der Waals surface area contributed by atoms with Gasteiger partial charge in [-0.2, -0.15) is 0 Å². The molecule has 3 fully saturated rings. The average Bonchev–Trinajstić information content (AvgIpc) is 3.19. The summed E-state index contributed by atoms with van der Waals surface area (Å²) in [5.41, 5.74) is 1.08.